The van der Waals surface area contributed by atoms with E-state index in [1.165, 1.54) is 17.4 Å². The molecule has 1 spiro atoms. The number of thiophene rings is 1. The molecule has 5 heterocycles. The maximum Gasteiger partial charge on any atom is 0.346 e. The number of nitriles is 1. The third-order valence-corrected chi connectivity index (χ3v) is 9.83. The van der Waals surface area contributed by atoms with Crippen LogP contribution in [-0.4, -0.2) is 51.4 Å². The van der Waals surface area contributed by atoms with Crippen LogP contribution in [0.15, 0.2) is 42.5 Å². The first kappa shape index (κ1) is 25.9. The molecular weight excluding hydrogens is 545 g/mol. The Hall–Kier alpha value is -4.01. The van der Waals surface area contributed by atoms with E-state index in [0.29, 0.717) is 28.8 Å². The summed E-state index contributed by atoms with van der Waals surface area (Å²) in [5.41, 5.74) is 1.61. The van der Waals surface area contributed by atoms with Crippen LogP contribution in [0, 0.1) is 22.6 Å². The lowest BCUT2D eigenvalue weighted by atomic mass is 9.90. The molecule has 0 radical (unpaired) electrons. The van der Waals surface area contributed by atoms with E-state index in [-0.39, 0.29) is 23.7 Å². The van der Waals surface area contributed by atoms with E-state index in [1.54, 1.807) is 24.3 Å². The lowest BCUT2D eigenvalue weighted by molar-refractivity contribution is -0.0590. The van der Waals surface area contributed by atoms with Gasteiger partial charge in [-0.05, 0) is 55.4 Å². The summed E-state index contributed by atoms with van der Waals surface area (Å²) in [6.45, 7) is 3.25. The fourth-order valence-electron chi connectivity index (χ4n) is 6.11. The molecule has 11 heteroatoms. The highest BCUT2D eigenvalue weighted by atomic mass is 32.1. The van der Waals surface area contributed by atoms with Gasteiger partial charge in [0, 0.05) is 37.2 Å². The number of carboxylic acid groups (broad SMARTS) is 1. The minimum atomic E-state index is -0.916. The molecule has 9 nitrogen and oxygen atoms in total. The smallest absolute Gasteiger partial charge is 0.346 e. The molecule has 2 saturated heterocycles. The second kappa shape index (κ2) is 10.1. The number of rotatable bonds is 8. The van der Waals surface area contributed by atoms with Crippen molar-refractivity contribution in [1.29, 1.82) is 5.26 Å². The average molecular weight is 574 g/mol. The number of pyridine rings is 1. The van der Waals surface area contributed by atoms with Crippen LogP contribution in [0.25, 0.3) is 10.3 Å². The molecule has 210 valence electrons. The molecular formula is C30H28FN5O4S. The highest BCUT2D eigenvalue weighted by Gasteiger charge is 2.57. The van der Waals surface area contributed by atoms with E-state index in [0.717, 1.165) is 67.4 Å². The van der Waals surface area contributed by atoms with Crippen LogP contribution in [0.5, 0.6) is 5.88 Å². The maximum atomic E-state index is 14.2. The van der Waals surface area contributed by atoms with E-state index < -0.39 is 11.8 Å². The molecule has 41 heavy (non-hydrogen) atoms. The number of fused-ring (bicyclic) bond motifs is 1. The molecule has 7 rings (SSSR count). The summed E-state index contributed by atoms with van der Waals surface area (Å²) >= 11 is 1.30. The van der Waals surface area contributed by atoms with Gasteiger partial charge in [0.2, 0.25) is 5.88 Å². The molecule has 4 aromatic rings. The van der Waals surface area contributed by atoms with Gasteiger partial charge >= 0.3 is 5.97 Å². The van der Waals surface area contributed by atoms with Crippen LogP contribution in [-0.2, 0) is 17.9 Å². The van der Waals surface area contributed by atoms with Gasteiger partial charge in [-0.2, -0.15) is 10.2 Å². The molecule has 3 aromatic heterocycles. The van der Waals surface area contributed by atoms with Crippen molar-refractivity contribution < 1.29 is 23.8 Å². The van der Waals surface area contributed by atoms with Gasteiger partial charge in [0.05, 0.1) is 24.3 Å². The number of piperidine rings is 1. The summed E-state index contributed by atoms with van der Waals surface area (Å²) in [7, 11) is 0. The van der Waals surface area contributed by atoms with Gasteiger partial charge in [-0.15, -0.1) is 11.3 Å². The van der Waals surface area contributed by atoms with Gasteiger partial charge in [0.1, 0.15) is 39.3 Å². The van der Waals surface area contributed by atoms with Crippen LogP contribution in [0.3, 0.4) is 0 Å². The van der Waals surface area contributed by atoms with Gasteiger partial charge in [0.25, 0.3) is 0 Å². The molecule has 1 saturated carbocycles. The van der Waals surface area contributed by atoms with Gasteiger partial charge in [-0.3, -0.25) is 0 Å². The molecule has 1 aliphatic carbocycles. The van der Waals surface area contributed by atoms with Crippen molar-refractivity contribution in [2.75, 3.05) is 24.6 Å². The van der Waals surface area contributed by atoms with Crippen molar-refractivity contribution in [3.63, 3.8) is 0 Å². The predicted octanol–water partition coefficient (Wildman–Crippen LogP) is 5.34. The number of halogens is 1. The highest BCUT2D eigenvalue weighted by molar-refractivity contribution is 7.20. The van der Waals surface area contributed by atoms with Crippen LogP contribution in [0.1, 0.15) is 58.2 Å². The Labute approximate surface area is 239 Å². The Bertz CT molecular complexity index is 1680. The third kappa shape index (κ3) is 4.81. The quantitative estimate of drug-likeness (QED) is 0.300. The SMILES string of the molecule is N#Cc1ccc(COc2cccc(N3CCC4(CC3)CC4c3nc4cc(C(=O)O)sc4n3CC3CCO3)n2)c(F)c1. The molecule has 2 unspecified atom stereocenters. The molecule has 2 aliphatic heterocycles. The topological polar surface area (TPSA) is 114 Å². The number of carbonyl (C=O) groups is 1. The maximum absolute atomic E-state index is 14.2. The van der Waals surface area contributed by atoms with E-state index in [1.807, 2.05) is 18.2 Å². The first-order valence-electron chi connectivity index (χ1n) is 13.8. The number of nitrogens with zero attached hydrogens (tertiary/aromatic N) is 5. The molecule has 3 fully saturated rings. The van der Waals surface area contributed by atoms with Crippen molar-refractivity contribution in [2.45, 2.75) is 50.9 Å². The minimum absolute atomic E-state index is 0.0305. The number of hydrogen-bond acceptors (Lipinski definition) is 8. The van der Waals surface area contributed by atoms with Gasteiger partial charge in [0.15, 0.2) is 0 Å². The molecule has 0 amide bonds. The Morgan fingerprint density at radius 1 is 1.24 bits per heavy atom. The van der Waals surface area contributed by atoms with Crippen molar-refractivity contribution in [3.8, 4) is 11.9 Å². The summed E-state index contributed by atoms with van der Waals surface area (Å²) in [6, 6.07) is 13.6. The highest BCUT2D eigenvalue weighted by Crippen LogP contribution is 2.65. The molecule has 2 atom stereocenters. The number of anilines is 1. The zero-order valence-corrected chi connectivity index (χ0v) is 23.1. The molecule has 0 bridgehead atoms. The number of aromatic nitrogens is 3. The number of hydrogen-bond donors (Lipinski definition) is 1. The molecule has 3 aliphatic rings. The second-order valence-electron chi connectivity index (χ2n) is 11.1. The first-order valence-corrected chi connectivity index (χ1v) is 14.6. The zero-order valence-electron chi connectivity index (χ0n) is 22.3. The average Bonchev–Trinajstić information content (AvgIpc) is 3.30. The van der Waals surface area contributed by atoms with Crippen LogP contribution < -0.4 is 9.64 Å². The number of ether oxygens (including phenoxy) is 2. The minimum Gasteiger partial charge on any atom is -0.477 e. The fraction of sp³-hybridized carbons (Fsp3) is 0.400. The molecule has 1 aromatic carbocycles. The summed E-state index contributed by atoms with van der Waals surface area (Å²) in [6.07, 6.45) is 4.28. The van der Waals surface area contributed by atoms with Gasteiger partial charge < -0.3 is 24.0 Å². The summed E-state index contributed by atoms with van der Waals surface area (Å²) in [4.78, 5) is 24.7. The normalized spacial score (nSPS) is 21.0. The molecule has 1 N–H and O–H groups in total. The predicted molar refractivity (Wildman–Crippen MR) is 150 cm³/mol. The number of imidazole rings is 1. The largest absolute Gasteiger partial charge is 0.477 e. The van der Waals surface area contributed by atoms with Crippen LogP contribution in [0.4, 0.5) is 10.2 Å². The summed E-state index contributed by atoms with van der Waals surface area (Å²) in [5, 5.41) is 18.4. The lowest BCUT2D eigenvalue weighted by Gasteiger charge is -2.34. The summed E-state index contributed by atoms with van der Waals surface area (Å²) < 4.78 is 28.0. The summed E-state index contributed by atoms with van der Waals surface area (Å²) in [5.74, 6) is 1.29. The zero-order chi connectivity index (χ0) is 28.1. The van der Waals surface area contributed by atoms with Crippen LogP contribution in [0.2, 0.25) is 0 Å². The Morgan fingerprint density at radius 2 is 2.07 bits per heavy atom. The number of carboxylic acids is 1. The monoisotopic (exact) mass is 573 g/mol. The van der Waals surface area contributed by atoms with Gasteiger partial charge in [-0.25, -0.2) is 14.2 Å². The third-order valence-electron chi connectivity index (χ3n) is 8.69. The second-order valence-corrected chi connectivity index (χ2v) is 12.1. The van der Waals surface area contributed by atoms with E-state index in [2.05, 4.69) is 14.5 Å². The first-order chi connectivity index (χ1) is 19.9. The van der Waals surface area contributed by atoms with Crippen molar-refractivity contribution >= 4 is 33.5 Å². The van der Waals surface area contributed by atoms with E-state index in [4.69, 9.17) is 19.7 Å². The van der Waals surface area contributed by atoms with Crippen molar-refractivity contribution in [1.82, 2.24) is 14.5 Å². The van der Waals surface area contributed by atoms with E-state index in [9.17, 15) is 14.3 Å². The number of benzene rings is 1. The standard InChI is InChI=1S/C30H28FN5O4S/c31-22-12-18(15-32)4-5-19(22)17-40-26-3-1-2-25(34-26)35-9-7-30(8-10-35)14-21(30)27-33-23-13-24(29(37)38)41-28(23)36(27)16-20-6-11-39-20/h1-5,12-13,20-21H,6-11,14,16-17H2,(H,37,38). The Morgan fingerprint density at radius 3 is 2.78 bits per heavy atom. The van der Waals surface area contributed by atoms with Crippen molar-refractivity contribution in [3.05, 3.63) is 70.1 Å². The number of aromatic carboxylic acids is 1. The Kier molecular flexibility index (Phi) is 6.40. The van der Waals surface area contributed by atoms with Crippen molar-refractivity contribution in [2.24, 2.45) is 5.41 Å². The van der Waals surface area contributed by atoms with E-state index >= 15 is 0 Å². The Balaban J connectivity index is 1.02. The van der Waals surface area contributed by atoms with Crippen LogP contribution >= 0.6 is 11.3 Å². The lowest BCUT2D eigenvalue weighted by Crippen LogP contribution is -2.36. The fourth-order valence-corrected chi connectivity index (χ4v) is 7.06. The van der Waals surface area contributed by atoms with Gasteiger partial charge in [-0.1, -0.05) is 12.1 Å².